The molecule has 0 radical (unpaired) electrons. The summed E-state index contributed by atoms with van der Waals surface area (Å²) in [6.45, 7) is 5.70. The molecule has 0 bridgehead atoms. The van der Waals surface area contributed by atoms with Gasteiger partial charge in [-0.15, -0.1) is 0 Å². The number of quaternary nitrogens is 1. The maximum absolute atomic E-state index is 2.55. The van der Waals surface area contributed by atoms with E-state index in [1.807, 2.05) is 0 Å². The van der Waals surface area contributed by atoms with E-state index in [4.69, 9.17) is 0 Å². The van der Waals surface area contributed by atoms with Gasteiger partial charge >= 0.3 is 0 Å². The molecule has 1 unspecified atom stereocenters. The number of hydrogen-bond donors (Lipinski definition) is 0. The van der Waals surface area contributed by atoms with Crippen LogP contribution in [0.1, 0.15) is 103 Å². The molecule has 1 aromatic rings. The predicted octanol–water partition coefficient (Wildman–Crippen LogP) is 8.30. The molecule has 0 saturated carbocycles. The van der Waals surface area contributed by atoms with Crippen molar-refractivity contribution in [3.05, 3.63) is 48.0 Å². The van der Waals surface area contributed by atoms with Crippen LogP contribution >= 0.6 is 0 Å². The molecule has 0 heterocycles. The molecule has 0 fully saturated rings. The smallest absolute Gasteiger partial charge is 0.107 e. The lowest BCUT2D eigenvalue weighted by Gasteiger charge is -2.37. The Hall–Kier alpha value is -1.08. The van der Waals surface area contributed by atoms with Crippen LogP contribution in [0.25, 0.3) is 0 Å². The van der Waals surface area contributed by atoms with E-state index in [2.05, 4.69) is 70.4 Å². The summed E-state index contributed by atoms with van der Waals surface area (Å²) in [6.07, 6.45) is 22.8. The highest BCUT2D eigenvalue weighted by Gasteiger charge is 2.25. The van der Waals surface area contributed by atoms with E-state index in [-0.39, 0.29) is 0 Å². The molecule has 1 atom stereocenters. The van der Waals surface area contributed by atoms with Gasteiger partial charge in [-0.2, -0.15) is 0 Å². The van der Waals surface area contributed by atoms with E-state index in [9.17, 15) is 0 Å². The third-order valence-electron chi connectivity index (χ3n) is 6.02. The van der Waals surface area contributed by atoms with Gasteiger partial charge in [0.2, 0.25) is 0 Å². The Labute approximate surface area is 176 Å². The molecular weight excluding hydrogens is 338 g/mol. The fourth-order valence-corrected chi connectivity index (χ4v) is 4.10. The monoisotopic (exact) mass is 386 g/mol. The Balaban J connectivity index is 2.53. The van der Waals surface area contributed by atoms with Crippen molar-refractivity contribution in [1.82, 2.24) is 0 Å². The zero-order valence-corrected chi connectivity index (χ0v) is 19.5. The summed E-state index contributed by atoms with van der Waals surface area (Å²) < 4.78 is 1.06. The van der Waals surface area contributed by atoms with Crippen molar-refractivity contribution in [1.29, 1.82) is 0 Å². The molecule has 1 heteroatoms. The van der Waals surface area contributed by atoms with E-state index >= 15 is 0 Å². The zero-order chi connectivity index (χ0) is 20.5. The van der Waals surface area contributed by atoms with Gasteiger partial charge in [0.25, 0.3) is 0 Å². The van der Waals surface area contributed by atoms with Crippen LogP contribution in [0.5, 0.6) is 0 Å². The van der Waals surface area contributed by atoms with Gasteiger partial charge in [-0.05, 0) is 25.3 Å². The highest BCUT2D eigenvalue weighted by atomic mass is 15.3. The molecule has 0 aliphatic carbocycles. The van der Waals surface area contributed by atoms with Gasteiger partial charge < -0.3 is 4.48 Å². The van der Waals surface area contributed by atoms with E-state index in [1.165, 1.54) is 89.0 Å². The summed E-state index contributed by atoms with van der Waals surface area (Å²) in [5.41, 5.74) is 1.45. The van der Waals surface area contributed by atoms with Gasteiger partial charge in [-0.3, -0.25) is 0 Å². The normalized spacial score (nSPS) is 13.3. The lowest BCUT2D eigenvalue weighted by atomic mass is 10.0. The van der Waals surface area contributed by atoms with Crippen molar-refractivity contribution in [2.75, 3.05) is 14.1 Å². The zero-order valence-electron chi connectivity index (χ0n) is 19.5. The Kier molecular flexibility index (Phi) is 14.1. The van der Waals surface area contributed by atoms with Crippen LogP contribution in [0.3, 0.4) is 0 Å². The molecule has 1 aromatic carbocycles. The summed E-state index contributed by atoms with van der Waals surface area (Å²) in [4.78, 5) is 0. The van der Waals surface area contributed by atoms with Crippen molar-refractivity contribution >= 4 is 0 Å². The molecule has 0 aliphatic heterocycles. The predicted molar refractivity (Wildman–Crippen MR) is 127 cm³/mol. The maximum Gasteiger partial charge on any atom is 0.107 e. The molecule has 0 spiro atoms. The average molecular weight is 387 g/mol. The average Bonchev–Trinajstić information content (AvgIpc) is 2.68. The molecule has 1 nitrogen and oxygen atoms in total. The number of rotatable bonds is 17. The summed E-state index contributed by atoms with van der Waals surface area (Å²) in [5.74, 6) is 0. The number of allylic oxidation sites excluding steroid dienone is 1. The van der Waals surface area contributed by atoms with Gasteiger partial charge in [0.1, 0.15) is 12.6 Å². The maximum atomic E-state index is 2.55. The molecule has 28 heavy (non-hydrogen) atoms. The molecular formula is C27H48N+. The van der Waals surface area contributed by atoms with Crippen molar-refractivity contribution in [2.24, 2.45) is 0 Å². The van der Waals surface area contributed by atoms with Crippen LogP contribution in [0.15, 0.2) is 42.5 Å². The Morgan fingerprint density at radius 1 is 0.750 bits per heavy atom. The topological polar surface area (TPSA) is 0 Å². The minimum absolute atomic E-state index is 0.627. The van der Waals surface area contributed by atoms with Crippen molar-refractivity contribution < 1.29 is 4.48 Å². The van der Waals surface area contributed by atoms with E-state index in [0.29, 0.717) is 6.04 Å². The van der Waals surface area contributed by atoms with Gasteiger partial charge in [0.05, 0.1) is 14.1 Å². The van der Waals surface area contributed by atoms with E-state index in [0.717, 1.165) is 11.0 Å². The second-order valence-electron chi connectivity index (χ2n) is 9.18. The molecule has 160 valence electrons. The van der Waals surface area contributed by atoms with Crippen molar-refractivity contribution in [3.8, 4) is 0 Å². The van der Waals surface area contributed by atoms with Crippen LogP contribution in [0.2, 0.25) is 0 Å². The summed E-state index contributed by atoms with van der Waals surface area (Å²) in [6, 6.07) is 11.6. The first-order valence-electron chi connectivity index (χ1n) is 12.1. The number of hydrogen-bond acceptors (Lipinski definition) is 0. The molecule has 1 rings (SSSR count). The number of unbranched alkanes of at least 4 members (excludes halogenated alkanes) is 10. The summed E-state index contributed by atoms with van der Waals surface area (Å²) >= 11 is 0. The number of nitrogens with zero attached hydrogens (tertiary/aromatic N) is 1. The third kappa shape index (κ3) is 11.7. The Bertz CT molecular complexity index is 488. The number of likely N-dealkylation sites (N-methyl/N-ethyl adjacent to an activating group) is 1. The lowest BCUT2D eigenvalue weighted by molar-refractivity contribution is -0.921. The van der Waals surface area contributed by atoms with Gasteiger partial charge in [0, 0.05) is 12.0 Å². The first-order valence-corrected chi connectivity index (χ1v) is 12.1. The first kappa shape index (κ1) is 25.0. The van der Waals surface area contributed by atoms with Crippen molar-refractivity contribution in [2.45, 2.75) is 110 Å². The van der Waals surface area contributed by atoms with E-state index < -0.39 is 0 Å². The third-order valence-corrected chi connectivity index (χ3v) is 6.02. The Morgan fingerprint density at radius 2 is 1.32 bits per heavy atom. The lowest BCUT2D eigenvalue weighted by Crippen LogP contribution is -2.47. The minimum Gasteiger partial charge on any atom is -0.319 e. The van der Waals surface area contributed by atoms with Crippen LogP contribution in [0, 0.1) is 0 Å². The second-order valence-corrected chi connectivity index (χ2v) is 9.18. The SMILES string of the molecule is CCCCCCCCC=CC(CCCCCCC)[N+](C)(C)Cc1ccccc1. The van der Waals surface area contributed by atoms with Crippen LogP contribution < -0.4 is 0 Å². The quantitative estimate of drug-likeness (QED) is 0.143. The van der Waals surface area contributed by atoms with Gasteiger partial charge in [0.15, 0.2) is 0 Å². The van der Waals surface area contributed by atoms with Gasteiger partial charge in [-0.1, -0.05) is 108 Å². The summed E-state index contributed by atoms with van der Waals surface area (Å²) in [7, 11) is 4.83. The van der Waals surface area contributed by atoms with Gasteiger partial charge in [-0.25, -0.2) is 0 Å². The molecule has 0 amide bonds. The molecule has 0 aliphatic rings. The molecule has 0 aromatic heterocycles. The fourth-order valence-electron chi connectivity index (χ4n) is 4.10. The van der Waals surface area contributed by atoms with E-state index in [1.54, 1.807) is 0 Å². The largest absolute Gasteiger partial charge is 0.319 e. The molecule has 0 saturated heterocycles. The fraction of sp³-hybridized carbons (Fsp3) is 0.704. The highest BCUT2D eigenvalue weighted by Crippen LogP contribution is 2.21. The standard InChI is InChI=1S/C27H48N/c1-5-7-9-11-12-13-15-20-24-27(23-19-14-10-8-6-2)28(3,4)25-26-21-17-16-18-22-26/h16-18,20-22,24,27H,5-15,19,23,25H2,1-4H3/q+1. The Morgan fingerprint density at radius 3 is 1.96 bits per heavy atom. The van der Waals surface area contributed by atoms with Crippen LogP contribution in [0.4, 0.5) is 0 Å². The van der Waals surface area contributed by atoms with Crippen LogP contribution in [-0.4, -0.2) is 24.6 Å². The first-order chi connectivity index (χ1) is 13.6. The number of benzene rings is 1. The van der Waals surface area contributed by atoms with Crippen LogP contribution in [-0.2, 0) is 6.54 Å². The second kappa shape index (κ2) is 15.8. The highest BCUT2D eigenvalue weighted by molar-refractivity contribution is 5.13. The minimum atomic E-state index is 0.627. The van der Waals surface area contributed by atoms with Crippen molar-refractivity contribution in [3.63, 3.8) is 0 Å². The summed E-state index contributed by atoms with van der Waals surface area (Å²) in [5, 5.41) is 0. The molecule has 0 N–H and O–H groups in total.